The molecule has 0 fully saturated rings. The lowest BCUT2D eigenvalue weighted by molar-refractivity contribution is 0.158. The number of carbonyl (C=O) groups is 1. The number of fused-ring (bicyclic) bond motifs is 1. The van der Waals surface area contributed by atoms with Gasteiger partial charge in [0.1, 0.15) is 5.82 Å². The first kappa shape index (κ1) is 23.5. The Kier molecular flexibility index (Phi) is 8.00. The van der Waals surface area contributed by atoms with E-state index in [1.54, 1.807) is 22.6 Å². The molecule has 0 radical (unpaired) electrons. The average molecular weight is 437 g/mol. The van der Waals surface area contributed by atoms with Gasteiger partial charge in [0.05, 0.1) is 16.9 Å². The first-order chi connectivity index (χ1) is 15.5. The van der Waals surface area contributed by atoms with Gasteiger partial charge in [-0.1, -0.05) is 31.2 Å². The van der Waals surface area contributed by atoms with Crippen LogP contribution in [0, 0.1) is 0 Å². The zero-order valence-corrected chi connectivity index (χ0v) is 19.3. The van der Waals surface area contributed by atoms with Gasteiger partial charge in [-0.25, -0.2) is 9.78 Å². The summed E-state index contributed by atoms with van der Waals surface area (Å²) in [5.74, 6) is 0.575. The maximum atomic E-state index is 13.3. The summed E-state index contributed by atoms with van der Waals surface area (Å²) < 4.78 is 6.85. The van der Waals surface area contributed by atoms with Crippen LogP contribution in [0.3, 0.4) is 0 Å². The van der Waals surface area contributed by atoms with Gasteiger partial charge in [0.2, 0.25) is 0 Å². The molecule has 7 nitrogen and oxygen atoms in total. The molecule has 0 saturated heterocycles. The minimum absolute atomic E-state index is 0.0900. The Morgan fingerprint density at radius 2 is 1.97 bits per heavy atom. The van der Waals surface area contributed by atoms with Crippen molar-refractivity contribution in [3.05, 3.63) is 70.3 Å². The summed E-state index contributed by atoms with van der Waals surface area (Å²) in [6.07, 6.45) is 1.56. The lowest BCUT2D eigenvalue weighted by Crippen LogP contribution is -2.41. The van der Waals surface area contributed by atoms with Crippen LogP contribution in [0.5, 0.6) is 0 Å². The van der Waals surface area contributed by atoms with Crippen molar-refractivity contribution in [1.29, 1.82) is 0 Å². The minimum atomic E-state index is -0.404. The lowest BCUT2D eigenvalue weighted by atomic mass is 10.1. The fraction of sp³-hybridized carbons (Fsp3) is 0.400. The zero-order chi connectivity index (χ0) is 23.1. The fourth-order valence-corrected chi connectivity index (χ4v) is 3.86. The van der Waals surface area contributed by atoms with Crippen LogP contribution in [-0.2, 0) is 17.7 Å². The van der Waals surface area contributed by atoms with Gasteiger partial charge >= 0.3 is 6.03 Å². The molecule has 7 heteroatoms. The zero-order valence-electron chi connectivity index (χ0n) is 19.3. The van der Waals surface area contributed by atoms with Gasteiger partial charge in [-0.05, 0) is 56.5 Å². The topological polar surface area (TPSA) is 76.5 Å². The van der Waals surface area contributed by atoms with Crippen LogP contribution in [0.1, 0.15) is 44.6 Å². The van der Waals surface area contributed by atoms with Gasteiger partial charge in [0.25, 0.3) is 5.56 Å². The molecular weight excluding hydrogens is 404 g/mol. The SMILES string of the molecule is CCc1cccc(NC(=O)N(CCCOC)C(C)c2nc3ccccc3c(=O)n2CC)c1. The van der Waals surface area contributed by atoms with Crippen molar-refractivity contribution in [1.82, 2.24) is 14.5 Å². The average Bonchev–Trinajstić information content (AvgIpc) is 2.81. The van der Waals surface area contributed by atoms with Crippen molar-refractivity contribution >= 4 is 22.6 Å². The van der Waals surface area contributed by atoms with E-state index in [9.17, 15) is 9.59 Å². The second-order valence-corrected chi connectivity index (χ2v) is 7.74. The van der Waals surface area contributed by atoms with Crippen LogP contribution >= 0.6 is 0 Å². The second-order valence-electron chi connectivity index (χ2n) is 7.74. The summed E-state index contributed by atoms with van der Waals surface area (Å²) in [6, 6.07) is 14.5. The van der Waals surface area contributed by atoms with Gasteiger partial charge < -0.3 is 15.0 Å². The highest BCUT2D eigenvalue weighted by Crippen LogP contribution is 2.22. The van der Waals surface area contributed by atoms with Gasteiger partial charge in [-0.3, -0.25) is 9.36 Å². The number of urea groups is 1. The number of amides is 2. The minimum Gasteiger partial charge on any atom is -0.385 e. The number of anilines is 1. The Morgan fingerprint density at radius 1 is 1.19 bits per heavy atom. The van der Waals surface area contributed by atoms with E-state index in [1.165, 1.54) is 0 Å². The number of para-hydroxylation sites is 1. The van der Waals surface area contributed by atoms with Crippen molar-refractivity contribution in [3.8, 4) is 0 Å². The Morgan fingerprint density at radius 3 is 2.69 bits per heavy atom. The highest BCUT2D eigenvalue weighted by atomic mass is 16.5. The van der Waals surface area contributed by atoms with Crippen LogP contribution in [0.2, 0.25) is 0 Å². The largest absolute Gasteiger partial charge is 0.385 e. The monoisotopic (exact) mass is 436 g/mol. The second kappa shape index (κ2) is 10.9. The maximum absolute atomic E-state index is 13.3. The van der Waals surface area contributed by atoms with E-state index in [-0.39, 0.29) is 11.6 Å². The number of nitrogens with zero attached hydrogens (tertiary/aromatic N) is 3. The molecule has 0 aliphatic heterocycles. The molecule has 1 heterocycles. The van der Waals surface area contributed by atoms with Crippen LogP contribution in [-0.4, -0.2) is 40.7 Å². The maximum Gasteiger partial charge on any atom is 0.322 e. The van der Waals surface area contributed by atoms with Crippen molar-refractivity contribution in [2.75, 3.05) is 25.6 Å². The summed E-state index contributed by atoms with van der Waals surface area (Å²) in [5.41, 5.74) is 2.44. The van der Waals surface area contributed by atoms with Gasteiger partial charge in [0, 0.05) is 32.5 Å². The van der Waals surface area contributed by atoms with Gasteiger partial charge in [-0.2, -0.15) is 0 Å². The molecule has 3 rings (SSSR count). The number of aromatic nitrogens is 2. The van der Waals surface area contributed by atoms with E-state index in [0.29, 0.717) is 42.8 Å². The van der Waals surface area contributed by atoms with Crippen LogP contribution in [0.4, 0.5) is 10.5 Å². The number of aryl methyl sites for hydroxylation is 1. The third-order valence-electron chi connectivity index (χ3n) is 5.64. The highest BCUT2D eigenvalue weighted by Gasteiger charge is 2.26. The van der Waals surface area contributed by atoms with Crippen LogP contribution in [0.25, 0.3) is 10.9 Å². The van der Waals surface area contributed by atoms with Crippen molar-refractivity contribution in [2.45, 2.75) is 46.2 Å². The lowest BCUT2D eigenvalue weighted by Gasteiger charge is -2.30. The summed E-state index contributed by atoms with van der Waals surface area (Å²) >= 11 is 0. The first-order valence-corrected chi connectivity index (χ1v) is 11.1. The highest BCUT2D eigenvalue weighted by molar-refractivity contribution is 5.89. The molecule has 0 bridgehead atoms. The molecule has 0 aliphatic carbocycles. The number of nitrogens with one attached hydrogen (secondary N) is 1. The van der Waals surface area contributed by atoms with Crippen molar-refractivity contribution < 1.29 is 9.53 Å². The number of hydrogen-bond acceptors (Lipinski definition) is 4. The van der Waals surface area contributed by atoms with Crippen LogP contribution in [0.15, 0.2) is 53.3 Å². The molecular formula is C25H32N4O3. The number of hydrogen-bond donors (Lipinski definition) is 1. The fourth-order valence-electron chi connectivity index (χ4n) is 3.86. The summed E-state index contributed by atoms with van der Waals surface area (Å²) in [7, 11) is 1.64. The number of carbonyl (C=O) groups excluding carboxylic acids is 1. The van der Waals surface area contributed by atoms with E-state index in [0.717, 1.165) is 17.7 Å². The normalized spacial score (nSPS) is 12.0. The van der Waals surface area contributed by atoms with E-state index in [4.69, 9.17) is 9.72 Å². The molecule has 2 aromatic carbocycles. The first-order valence-electron chi connectivity index (χ1n) is 11.1. The summed E-state index contributed by atoms with van der Waals surface area (Å²) in [5, 5.41) is 3.60. The number of ether oxygens (including phenoxy) is 1. The van der Waals surface area contributed by atoms with Crippen molar-refractivity contribution in [2.24, 2.45) is 0 Å². The smallest absolute Gasteiger partial charge is 0.322 e. The molecule has 0 aliphatic rings. The van der Waals surface area contributed by atoms with E-state index < -0.39 is 6.04 Å². The van der Waals surface area contributed by atoms with Crippen molar-refractivity contribution in [3.63, 3.8) is 0 Å². The Hall–Kier alpha value is -3.19. The molecule has 1 aromatic heterocycles. The van der Waals surface area contributed by atoms with Gasteiger partial charge in [0.15, 0.2) is 0 Å². The third kappa shape index (κ3) is 5.16. The predicted molar refractivity (Wildman–Crippen MR) is 128 cm³/mol. The Labute approximate surface area is 189 Å². The molecule has 170 valence electrons. The Balaban J connectivity index is 1.97. The van der Waals surface area contributed by atoms with E-state index in [2.05, 4.69) is 12.2 Å². The molecule has 2 amide bonds. The third-order valence-corrected chi connectivity index (χ3v) is 5.64. The molecule has 1 unspecified atom stereocenters. The molecule has 1 atom stereocenters. The molecule has 32 heavy (non-hydrogen) atoms. The standard InChI is InChI=1S/C25H32N4O3/c1-5-19-11-9-12-20(17-19)26-25(31)29(15-10-16-32-4)18(3)23-27-22-14-8-7-13-21(22)24(30)28(23)6-2/h7-9,11-14,17-18H,5-6,10,15-16H2,1-4H3,(H,26,31). The molecule has 1 N–H and O–H groups in total. The summed E-state index contributed by atoms with van der Waals surface area (Å²) in [6.45, 7) is 7.39. The Bertz CT molecular complexity index is 1130. The van der Waals surface area contributed by atoms with E-state index >= 15 is 0 Å². The number of rotatable bonds is 9. The predicted octanol–water partition coefficient (Wildman–Crippen LogP) is 4.61. The number of benzene rings is 2. The molecule has 0 spiro atoms. The van der Waals surface area contributed by atoms with E-state index in [1.807, 2.05) is 56.3 Å². The molecule has 0 saturated carbocycles. The number of methoxy groups -OCH3 is 1. The molecule has 3 aromatic rings. The van der Waals surface area contributed by atoms with Crippen LogP contribution < -0.4 is 10.9 Å². The summed E-state index contributed by atoms with van der Waals surface area (Å²) in [4.78, 5) is 32.9. The quantitative estimate of drug-likeness (QED) is 0.497. The van der Waals surface area contributed by atoms with Gasteiger partial charge in [-0.15, -0.1) is 0 Å².